The predicted molar refractivity (Wildman–Crippen MR) is 68.6 cm³/mol. The van der Waals surface area contributed by atoms with Gasteiger partial charge in [-0.1, -0.05) is 6.07 Å². The third-order valence-corrected chi connectivity index (χ3v) is 2.73. The lowest BCUT2D eigenvalue weighted by Gasteiger charge is -2.15. The minimum Gasteiger partial charge on any atom is -0.325 e. The lowest BCUT2D eigenvalue weighted by molar-refractivity contribution is -0.114. The highest BCUT2D eigenvalue weighted by molar-refractivity contribution is 6.00. The average molecular weight is 255 g/mol. The number of fused-ring (bicyclic) bond motifs is 1. The van der Waals surface area contributed by atoms with Crippen LogP contribution >= 0.6 is 12.4 Å². The van der Waals surface area contributed by atoms with Crippen LogP contribution < -0.4 is 11.1 Å². The van der Waals surface area contributed by atoms with Crippen LogP contribution in [0, 0.1) is 0 Å². The number of nitrogens with two attached hydrogens (primary N) is 1. The summed E-state index contributed by atoms with van der Waals surface area (Å²) in [7, 11) is 0. The van der Waals surface area contributed by atoms with E-state index in [1.165, 1.54) is 0 Å². The molecule has 0 saturated heterocycles. The monoisotopic (exact) mass is 254 g/mol. The van der Waals surface area contributed by atoms with Crippen LogP contribution in [0.3, 0.4) is 0 Å². The fraction of sp³-hybridized carbons (Fsp3) is 0.333. The van der Waals surface area contributed by atoms with Gasteiger partial charge in [0, 0.05) is 17.7 Å². The van der Waals surface area contributed by atoms with Gasteiger partial charge >= 0.3 is 0 Å². The van der Waals surface area contributed by atoms with Crippen LogP contribution in [0.25, 0.3) is 0 Å². The third-order valence-electron chi connectivity index (χ3n) is 2.73. The number of amides is 1. The van der Waals surface area contributed by atoms with E-state index in [0.717, 1.165) is 24.0 Å². The van der Waals surface area contributed by atoms with Crippen LogP contribution in [-0.4, -0.2) is 18.2 Å². The van der Waals surface area contributed by atoms with Gasteiger partial charge in [0.15, 0.2) is 5.78 Å². The Morgan fingerprint density at radius 3 is 2.82 bits per heavy atom. The Balaban J connectivity index is 0.00000144. The molecule has 0 heterocycles. The number of hydrogen-bond donors (Lipinski definition) is 2. The molecule has 1 amide bonds. The van der Waals surface area contributed by atoms with Gasteiger partial charge in [-0.25, -0.2) is 0 Å². The van der Waals surface area contributed by atoms with Gasteiger partial charge in [-0.05, 0) is 30.5 Å². The molecule has 3 N–H and O–H groups in total. The lowest BCUT2D eigenvalue weighted by Crippen LogP contribution is -2.22. The molecular formula is C12H15ClN2O2. The minimum atomic E-state index is -0.247. The van der Waals surface area contributed by atoms with Gasteiger partial charge in [0.25, 0.3) is 0 Å². The predicted octanol–water partition coefficient (Wildman–Crippen LogP) is 1.52. The van der Waals surface area contributed by atoms with E-state index in [0.29, 0.717) is 12.1 Å². The number of Topliss-reactive ketones (excluding diaryl/α,β-unsaturated/α-hetero) is 1. The van der Waals surface area contributed by atoms with Crippen molar-refractivity contribution >= 4 is 29.8 Å². The molecule has 0 spiro atoms. The summed E-state index contributed by atoms with van der Waals surface area (Å²) in [5.41, 5.74) is 7.66. The lowest BCUT2D eigenvalue weighted by atomic mass is 9.90. The summed E-state index contributed by atoms with van der Waals surface area (Å²) in [5, 5.41) is 2.65. The fourth-order valence-corrected chi connectivity index (χ4v) is 1.92. The molecule has 17 heavy (non-hydrogen) atoms. The minimum absolute atomic E-state index is 0. The standard InChI is InChI=1S/C12H14N2O2.ClH/c13-7-12(16)14-9-5-4-8-2-1-3-11(15)10(8)6-9;/h4-6H,1-3,7,13H2,(H,14,16);1H. The van der Waals surface area contributed by atoms with Crippen LogP contribution in [-0.2, 0) is 11.2 Å². The molecule has 0 aromatic heterocycles. The van der Waals surface area contributed by atoms with E-state index in [9.17, 15) is 9.59 Å². The Kier molecular flexibility index (Phi) is 4.66. The van der Waals surface area contributed by atoms with Crippen molar-refractivity contribution in [1.82, 2.24) is 0 Å². The first kappa shape index (κ1) is 13.7. The van der Waals surface area contributed by atoms with Gasteiger partial charge in [0.2, 0.25) is 5.91 Å². The average Bonchev–Trinajstić information content (AvgIpc) is 2.30. The second-order valence-electron chi connectivity index (χ2n) is 3.90. The van der Waals surface area contributed by atoms with E-state index in [1.807, 2.05) is 12.1 Å². The smallest absolute Gasteiger partial charge is 0.238 e. The molecule has 0 atom stereocenters. The van der Waals surface area contributed by atoms with Gasteiger partial charge in [-0.2, -0.15) is 0 Å². The van der Waals surface area contributed by atoms with Gasteiger partial charge < -0.3 is 11.1 Å². The second-order valence-corrected chi connectivity index (χ2v) is 3.90. The molecule has 0 radical (unpaired) electrons. The zero-order valence-electron chi connectivity index (χ0n) is 9.36. The first-order chi connectivity index (χ1) is 7.70. The normalized spacial score (nSPS) is 13.6. The van der Waals surface area contributed by atoms with Crippen LogP contribution in [0.15, 0.2) is 18.2 Å². The number of anilines is 1. The number of aryl methyl sites for hydroxylation is 1. The molecule has 0 saturated carbocycles. The summed E-state index contributed by atoms with van der Waals surface area (Å²) < 4.78 is 0. The van der Waals surface area contributed by atoms with Gasteiger partial charge in [0.1, 0.15) is 0 Å². The molecule has 92 valence electrons. The third kappa shape index (κ3) is 3.05. The van der Waals surface area contributed by atoms with E-state index in [2.05, 4.69) is 5.32 Å². The highest BCUT2D eigenvalue weighted by atomic mass is 35.5. The number of benzene rings is 1. The molecule has 4 nitrogen and oxygen atoms in total. The van der Waals surface area contributed by atoms with Gasteiger partial charge in [0.05, 0.1) is 6.54 Å². The zero-order valence-corrected chi connectivity index (χ0v) is 10.2. The first-order valence-corrected chi connectivity index (χ1v) is 5.37. The molecule has 1 aromatic carbocycles. The van der Waals surface area contributed by atoms with E-state index < -0.39 is 0 Å². The summed E-state index contributed by atoms with van der Waals surface area (Å²) in [4.78, 5) is 22.8. The van der Waals surface area contributed by atoms with Crippen molar-refractivity contribution in [2.75, 3.05) is 11.9 Å². The number of carbonyl (C=O) groups excluding carboxylic acids is 2. The molecule has 2 rings (SSSR count). The summed E-state index contributed by atoms with van der Waals surface area (Å²) in [6, 6.07) is 5.45. The number of nitrogens with one attached hydrogen (secondary N) is 1. The quantitative estimate of drug-likeness (QED) is 0.841. The molecule has 1 aliphatic rings. The van der Waals surface area contributed by atoms with Crippen molar-refractivity contribution in [3.8, 4) is 0 Å². The summed E-state index contributed by atoms with van der Waals surface area (Å²) in [5.74, 6) is -0.0895. The summed E-state index contributed by atoms with van der Waals surface area (Å²) >= 11 is 0. The van der Waals surface area contributed by atoms with Crippen molar-refractivity contribution < 1.29 is 9.59 Å². The Labute approximate surface area is 106 Å². The summed E-state index contributed by atoms with van der Waals surface area (Å²) in [6.07, 6.45) is 2.45. The van der Waals surface area contributed by atoms with Crippen LogP contribution in [0.2, 0.25) is 0 Å². The van der Waals surface area contributed by atoms with E-state index in [-0.39, 0.29) is 30.6 Å². The Morgan fingerprint density at radius 2 is 2.12 bits per heavy atom. The highest BCUT2D eigenvalue weighted by Crippen LogP contribution is 2.24. The molecule has 0 bridgehead atoms. The van der Waals surface area contributed by atoms with E-state index in [1.54, 1.807) is 6.07 Å². The molecule has 0 aliphatic heterocycles. The van der Waals surface area contributed by atoms with E-state index in [4.69, 9.17) is 5.73 Å². The maximum atomic E-state index is 11.7. The van der Waals surface area contributed by atoms with Crippen molar-refractivity contribution in [3.05, 3.63) is 29.3 Å². The zero-order chi connectivity index (χ0) is 11.5. The molecule has 0 fully saturated rings. The topological polar surface area (TPSA) is 72.2 Å². The van der Waals surface area contributed by atoms with Gasteiger partial charge in [-0.15, -0.1) is 12.4 Å². The molecule has 1 aliphatic carbocycles. The molecule has 1 aromatic rings. The highest BCUT2D eigenvalue weighted by Gasteiger charge is 2.17. The van der Waals surface area contributed by atoms with Crippen LogP contribution in [0.5, 0.6) is 0 Å². The van der Waals surface area contributed by atoms with Crippen LogP contribution in [0.1, 0.15) is 28.8 Å². The van der Waals surface area contributed by atoms with Crippen molar-refractivity contribution in [2.24, 2.45) is 5.73 Å². The Morgan fingerprint density at radius 1 is 1.35 bits per heavy atom. The second kappa shape index (κ2) is 5.80. The number of carbonyl (C=O) groups is 2. The number of halogens is 1. The molecule has 5 heteroatoms. The maximum Gasteiger partial charge on any atom is 0.238 e. The number of ketones is 1. The SMILES string of the molecule is Cl.NCC(=O)Nc1ccc2c(c1)C(=O)CCC2. The largest absolute Gasteiger partial charge is 0.325 e. The Hall–Kier alpha value is -1.39. The first-order valence-electron chi connectivity index (χ1n) is 5.37. The molecular weight excluding hydrogens is 240 g/mol. The van der Waals surface area contributed by atoms with Crippen LogP contribution in [0.4, 0.5) is 5.69 Å². The van der Waals surface area contributed by atoms with Crippen molar-refractivity contribution in [2.45, 2.75) is 19.3 Å². The van der Waals surface area contributed by atoms with E-state index >= 15 is 0 Å². The number of hydrogen-bond acceptors (Lipinski definition) is 3. The molecule has 0 unspecified atom stereocenters. The van der Waals surface area contributed by atoms with Gasteiger partial charge in [-0.3, -0.25) is 9.59 Å². The Bertz CT molecular complexity index is 446. The van der Waals surface area contributed by atoms with Crippen molar-refractivity contribution in [3.63, 3.8) is 0 Å². The fourth-order valence-electron chi connectivity index (χ4n) is 1.92. The summed E-state index contributed by atoms with van der Waals surface area (Å²) in [6.45, 7) is -0.0506. The maximum absolute atomic E-state index is 11.7. The van der Waals surface area contributed by atoms with Crippen molar-refractivity contribution in [1.29, 1.82) is 0 Å². The number of rotatable bonds is 2.